The first-order valence-corrected chi connectivity index (χ1v) is 7.30. The normalized spacial score (nSPS) is 16.4. The molecule has 0 atom stereocenters. The summed E-state index contributed by atoms with van der Waals surface area (Å²) in [5.41, 5.74) is 0. The fourth-order valence-electron chi connectivity index (χ4n) is 2.38. The van der Waals surface area contributed by atoms with Crippen LogP contribution in [0.4, 0.5) is 0 Å². The second-order valence-corrected chi connectivity index (χ2v) is 5.53. The Bertz CT molecular complexity index is 299. The average molecular weight is 269 g/mol. The first kappa shape index (κ1) is 16.0. The molecule has 1 heterocycles. The van der Waals surface area contributed by atoms with Crippen molar-refractivity contribution in [3.63, 3.8) is 0 Å². The van der Waals surface area contributed by atoms with E-state index < -0.39 is 0 Å². The summed E-state index contributed by atoms with van der Waals surface area (Å²) >= 11 is 0. The Labute approximate surface area is 116 Å². The van der Waals surface area contributed by atoms with Crippen molar-refractivity contribution < 1.29 is 9.59 Å². The minimum atomic E-state index is -0.0736. The van der Waals surface area contributed by atoms with Crippen molar-refractivity contribution in [3.05, 3.63) is 0 Å². The topological polar surface area (TPSA) is 61.4 Å². The largest absolute Gasteiger partial charge is 0.352 e. The highest BCUT2D eigenvalue weighted by Gasteiger charge is 2.21. The second kappa shape index (κ2) is 8.15. The third-order valence-corrected chi connectivity index (χ3v) is 3.44. The number of nitrogens with one attached hydrogen (secondary N) is 2. The molecule has 0 unspecified atom stereocenters. The maximum Gasteiger partial charge on any atom is 0.239 e. The van der Waals surface area contributed by atoms with E-state index in [1.165, 1.54) is 0 Å². The van der Waals surface area contributed by atoms with E-state index >= 15 is 0 Å². The molecule has 0 radical (unpaired) electrons. The number of carbonyl (C=O) groups excluding carboxylic acids is 2. The van der Waals surface area contributed by atoms with Crippen LogP contribution >= 0.6 is 0 Å². The van der Waals surface area contributed by atoms with Crippen LogP contribution in [-0.4, -0.2) is 48.9 Å². The molecular formula is C14H27N3O2. The molecule has 0 saturated carbocycles. The number of hydrogen-bond donors (Lipinski definition) is 2. The Morgan fingerprint density at radius 1 is 1.32 bits per heavy atom. The summed E-state index contributed by atoms with van der Waals surface area (Å²) in [5, 5.41) is 6.12. The van der Waals surface area contributed by atoms with Crippen LogP contribution in [0.1, 0.15) is 40.0 Å². The molecule has 0 aliphatic carbocycles. The summed E-state index contributed by atoms with van der Waals surface area (Å²) in [6.45, 7) is 8.53. The summed E-state index contributed by atoms with van der Waals surface area (Å²) in [5.74, 6) is 0.500. The fraction of sp³-hybridized carbons (Fsp3) is 0.857. The minimum Gasteiger partial charge on any atom is -0.352 e. The van der Waals surface area contributed by atoms with E-state index in [-0.39, 0.29) is 24.4 Å². The first-order valence-electron chi connectivity index (χ1n) is 7.30. The van der Waals surface area contributed by atoms with Gasteiger partial charge in [0.15, 0.2) is 0 Å². The number of rotatable bonds is 6. The van der Waals surface area contributed by atoms with Crippen molar-refractivity contribution >= 4 is 11.8 Å². The monoisotopic (exact) mass is 269 g/mol. The second-order valence-electron chi connectivity index (χ2n) is 5.53. The van der Waals surface area contributed by atoms with Gasteiger partial charge < -0.3 is 15.5 Å². The molecule has 0 aromatic carbocycles. The van der Waals surface area contributed by atoms with Crippen LogP contribution in [0.2, 0.25) is 0 Å². The first-order chi connectivity index (χ1) is 9.02. The van der Waals surface area contributed by atoms with Gasteiger partial charge in [0, 0.05) is 19.0 Å². The van der Waals surface area contributed by atoms with Gasteiger partial charge in [-0.2, -0.15) is 0 Å². The molecule has 110 valence electrons. The summed E-state index contributed by atoms with van der Waals surface area (Å²) in [6.07, 6.45) is 2.69. The number of carbonyl (C=O) groups is 2. The molecule has 1 saturated heterocycles. The lowest BCUT2D eigenvalue weighted by atomic mass is 9.94. The van der Waals surface area contributed by atoms with E-state index in [1.54, 1.807) is 4.90 Å². The van der Waals surface area contributed by atoms with Gasteiger partial charge in [0.25, 0.3) is 0 Å². The third-order valence-electron chi connectivity index (χ3n) is 3.44. The summed E-state index contributed by atoms with van der Waals surface area (Å²) < 4.78 is 0. The Morgan fingerprint density at radius 2 is 1.95 bits per heavy atom. The van der Waals surface area contributed by atoms with E-state index in [0.717, 1.165) is 25.9 Å². The van der Waals surface area contributed by atoms with Crippen molar-refractivity contribution in [2.24, 2.45) is 5.92 Å². The molecule has 5 nitrogen and oxygen atoms in total. The van der Waals surface area contributed by atoms with Gasteiger partial charge in [0.2, 0.25) is 11.8 Å². The lowest BCUT2D eigenvalue weighted by Gasteiger charge is -2.26. The molecular weight excluding hydrogens is 242 g/mol. The molecule has 0 bridgehead atoms. The zero-order valence-electron chi connectivity index (χ0n) is 12.4. The van der Waals surface area contributed by atoms with Gasteiger partial charge in [0.05, 0.1) is 6.54 Å². The van der Waals surface area contributed by atoms with Gasteiger partial charge in [-0.25, -0.2) is 0 Å². The zero-order valence-corrected chi connectivity index (χ0v) is 12.4. The maximum absolute atomic E-state index is 12.2. The lowest BCUT2D eigenvalue weighted by Crippen LogP contribution is -2.43. The highest BCUT2D eigenvalue weighted by Crippen LogP contribution is 2.17. The van der Waals surface area contributed by atoms with Crippen LogP contribution in [0.3, 0.4) is 0 Å². The van der Waals surface area contributed by atoms with Gasteiger partial charge >= 0.3 is 0 Å². The van der Waals surface area contributed by atoms with Gasteiger partial charge in [-0.05, 0) is 52.6 Å². The van der Waals surface area contributed by atoms with Crippen molar-refractivity contribution in [1.29, 1.82) is 0 Å². The molecule has 1 rings (SSSR count). The highest BCUT2D eigenvalue weighted by molar-refractivity contribution is 5.85. The van der Waals surface area contributed by atoms with E-state index in [1.807, 2.05) is 20.8 Å². The number of likely N-dealkylation sites (N-methyl/N-ethyl adjacent to an activating group) is 1. The minimum absolute atomic E-state index is 0.0736. The van der Waals surface area contributed by atoms with Gasteiger partial charge in [-0.3, -0.25) is 9.59 Å². The zero-order chi connectivity index (χ0) is 14.3. The van der Waals surface area contributed by atoms with E-state index in [9.17, 15) is 9.59 Å². The van der Waals surface area contributed by atoms with Crippen LogP contribution in [0.15, 0.2) is 0 Å². The molecule has 1 fully saturated rings. The molecule has 5 heteroatoms. The van der Waals surface area contributed by atoms with Crippen molar-refractivity contribution in [2.75, 3.05) is 26.2 Å². The number of nitrogens with zero attached hydrogens (tertiary/aromatic N) is 1. The van der Waals surface area contributed by atoms with Crippen LogP contribution in [-0.2, 0) is 9.59 Å². The SMILES string of the molecule is CCN(CC(=O)NC(C)C)C(=O)CC1CCNCC1. The molecule has 0 aromatic rings. The standard InChI is InChI=1S/C14H27N3O2/c1-4-17(10-13(18)16-11(2)3)14(19)9-12-5-7-15-8-6-12/h11-12,15H,4-10H2,1-3H3,(H,16,18). The van der Waals surface area contributed by atoms with E-state index in [2.05, 4.69) is 10.6 Å². The summed E-state index contributed by atoms with van der Waals surface area (Å²) in [6, 6.07) is 0.116. The Hall–Kier alpha value is -1.10. The maximum atomic E-state index is 12.2. The fourth-order valence-corrected chi connectivity index (χ4v) is 2.38. The molecule has 0 spiro atoms. The van der Waals surface area contributed by atoms with Gasteiger partial charge in [-0.1, -0.05) is 0 Å². The van der Waals surface area contributed by atoms with Crippen LogP contribution in [0.5, 0.6) is 0 Å². The van der Waals surface area contributed by atoms with Crippen LogP contribution in [0.25, 0.3) is 0 Å². The van der Waals surface area contributed by atoms with Crippen LogP contribution in [0, 0.1) is 5.92 Å². The smallest absolute Gasteiger partial charge is 0.239 e. The molecule has 0 aromatic heterocycles. The molecule has 19 heavy (non-hydrogen) atoms. The molecule has 2 amide bonds. The Balaban J connectivity index is 2.39. The predicted molar refractivity (Wildman–Crippen MR) is 75.7 cm³/mol. The van der Waals surface area contributed by atoms with Gasteiger partial charge in [-0.15, -0.1) is 0 Å². The summed E-state index contributed by atoms with van der Waals surface area (Å²) in [7, 11) is 0. The van der Waals surface area contributed by atoms with Gasteiger partial charge in [0.1, 0.15) is 0 Å². The quantitative estimate of drug-likeness (QED) is 0.748. The number of hydrogen-bond acceptors (Lipinski definition) is 3. The highest BCUT2D eigenvalue weighted by atomic mass is 16.2. The van der Waals surface area contributed by atoms with Crippen molar-refractivity contribution in [3.8, 4) is 0 Å². The molecule has 1 aliphatic rings. The Kier molecular flexibility index (Phi) is 6.84. The Morgan fingerprint density at radius 3 is 2.47 bits per heavy atom. The number of piperidine rings is 1. The number of amides is 2. The van der Waals surface area contributed by atoms with E-state index in [0.29, 0.717) is 18.9 Å². The molecule has 1 aliphatic heterocycles. The van der Waals surface area contributed by atoms with Crippen molar-refractivity contribution in [2.45, 2.75) is 46.1 Å². The summed E-state index contributed by atoms with van der Waals surface area (Å²) in [4.78, 5) is 25.5. The molecule has 2 N–H and O–H groups in total. The predicted octanol–water partition coefficient (Wildman–Crippen LogP) is 0.749. The third kappa shape index (κ3) is 6.05. The average Bonchev–Trinajstić information content (AvgIpc) is 2.36. The van der Waals surface area contributed by atoms with Crippen LogP contribution < -0.4 is 10.6 Å². The van der Waals surface area contributed by atoms with Crippen molar-refractivity contribution in [1.82, 2.24) is 15.5 Å². The van der Waals surface area contributed by atoms with E-state index in [4.69, 9.17) is 0 Å². The lowest BCUT2D eigenvalue weighted by molar-refractivity contribution is -0.137.